The van der Waals surface area contributed by atoms with Crippen molar-refractivity contribution in [2.45, 2.75) is 6.61 Å². The Hall–Kier alpha value is -3.73. The molecule has 0 heterocycles. The molecule has 0 spiro atoms. The largest absolute Gasteiger partial charge is 0.488 e. The maximum absolute atomic E-state index is 11.8. The van der Waals surface area contributed by atoms with Crippen LogP contribution in [0.4, 0.5) is 11.4 Å². The van der Waals surface area contributed by atoms with Gasteiger partial charge in [0.15, 0.2) is 0 Å². The second kappa shape index (κ2) is 8.77. The zero-order chi connectivity index (χ0) is 19.9. The minimum absolute atomic E-state index is 0.300. The number of carbonyl (C=O) groups excluding carboxylic acids is 1. The van der Waals surface area contributed by atoms with Crippen molar-refractivity contribution in [2.75, 3.05) is 18.2 Å². The molecule has 5 nitrogen and oxygen atoms in total. The molecule has 0 radical (unpaired) electrons. The number of methoxy groups -OCH3 is 1. The third kappa shape index (κ3) is 4.32. The molecule has 3 aromatic rings. The summed E-state index contributed by atoms with van der Waals surface area (Å²) in [5, 5.41) is 3.18. The molecule has 0 atom stereocenters. The number of hydrogen-bond acceptors (Lipinski definition) is 5. The van der Waals surface area contributed by atoms with Gasteiger partial charge in [-0.1, -0.05) is 55.1 Å². The van der Waals surface area contributed by atoms with E-state index in [1.165, 1.54) is 7.11 Å². The van der Waals surface area contributed by atoms with E-state index in [9.17, 15) is 4.79 Å². The average molecular weight is 374 g/mol. The van der Waals surface area contributed by atoms with E-state index in [-0.39, 0.29) is 0 Å². The van der Waals surface area contributed by atoms with Gasteiger partial charge in [-0.15, -0.1) is 0 Å². The maximum atomic E-state index is 11.8. The monoisotopic (exact) mass is 374 g/mol. The molecule has 0 aromatic heterocycles. The van der Waals surface area contributed by atoms with Gasteiger partial charge >= 0.3 is 5.97 Å². The molecule has 3 rings (SSSR count). The summed E-state index contributed by atoms with van der Waals surface area (Å²) in [6.45, 7) is 4.56. The van der Waals surface area contributed by atoms with E-state index in [0.29, 0.717) is 35.0 Å². The summed E-state index contributed by atoms with van der Waals surface area (Å²) in [7, 11) is 1.32. The van der Waals surface area contributed by atoms with Crippen LogP contribution in [0.1, 0.15) is 21.5 Å². The SMILES string of the molecule is C=C(Nc1cccc(C(=O)OC)c1N)c1ccccc1OCc1ccccc1. The van der Waals surface area contributed by atoms with Crippen molar-refractivity contribution in [3.05, 3.63) is 96.1 Å². The molecule has 0 aliphatic carbocycles. The number of anilines is 2. The standard InChI is InChI=1S/C23H22N2O3/c1-16(25-20-13-8-12-19(22(20)24)23(26)27-2)18-11-6-7-14-21(18)28-15-17-9-4-3-5-10-17/h3-14,25H,1,15,24H2,2H3. The number of benzene rings is 3. The third-order valence-electron chi connectivity index (χ3n) is 4.25. The van der Waals surface area contributed by atoms with Crippen LogP contribution in [0.5, 0.6) is 5.75 Å². The van der Waals surface area contributed by atoms with Gasteiger partial charge in [-0.3, -0.25) is 0 Å². The van der Waals surface area contributed by atoms with Gasteiger partial charge in [-0.2, -0.15) is 0 Å². The summed E-state index contributed by atoms with van der Waals surface area (Å²) < 4.78 is 10.8. The first-order valence-corrected chi connectivity index (χ1v) is 8.79. The van der Waals surface area contributed by atoms with E-state index in [4.69, 9.17) is 15.2 Å². The first-order chi connectivity index (χ1) is 13.6. The van der Waals surface area contributed by atoms with Crippen LogP contribution in [-0.4, -0.2) is 13.1 Å². The predicted molar refractivity (Wildman–Crippen MR) is 112 cm³/mol. The van der Waals surface area contributed by atoms with Gasteiger partial charge in [-0.25, -0.2) is 4.79 Å². The van der Waals surface area contributed by atoms with Crippen LogP contribution in [0, 0.1) is 0 Å². The third-order valence-corrected chi connectivity index (χ3v) is 4.25. The van der Waals surface area contributed by atoms with Crippen LogP contribution in [0.3, 0.4) is 0 Å². The Balaban J connectivity index is 1.79. The molecule has 142 valence electrons. The minimum atomic E-state index is -0.488. The smallest absolute Gasteiger partial charge is 0.340 e. The van der Waals surface area contributed by atoms with Crippen molar-refractivity contribution in [3.8, 4) is 5.75 Å². The number of para-hydroxylation sites is 2. The highest BCUT2D eigenvalue weighted by Crippen LogP contribution is 2.30. The number of ether oxygens (including phenoxy) is 2. The van der Waals surface area contributed by atoms with Crippen molar-refractivity contribution in [2.24, 2.45) is 0 Å². The molecule has 0 fully saturated rings. The van der Waals surface area contributed by atoms with Crippen LogP contribution >= 0.6 is 0 Å². The fourth-order valence-corrected chi connectivity index (χ4v) is 2.77. The molecule has 3 aromatic carbocycles. The van der Waals surface area contributed by atoms with Crippen molar-refractivity contribution >= 4 is 23.0 Å². The minimum Gasteiger partial charge on any atom is -0.488 e. The highest BCUT2D eigenvalue weighted by atomic mass is 16.5. The van der Waals surface area contributed by atoms with Gasteiger partial charge in [-0.05, 0) is 29.8 Å². The Labute approximate surface area is 164 Å². The Bertz CT molecular complexity index is 984. The second-order valence-electron chi connectivity index (χ2n) is 6.13. The Morgan fingerprint density at radius 2 is 1.64 bits per heavy atom. The van der Waals surface area contributed by atoms with Crippen LogP contribution in [0.25, 0.3) is 5.70 Å². The topological polar surface area (TPSA) is 73.6 Å². The molecule has 3 N–H and O–H groups in total. The number of hydrogen-bond donors (Lipinski definition) is 2. The van der Waals surface area contributed by atoms with Crippen molar-refractivity contribution in [1.82, 2.24) is 0 Å². The summed E-state index contributed by atoms with van der Waals surface area (Å²) in [6.07, 6.45) is 0. The lowest BCUT2D eigenvalue weighted by molar-refractivity contribution is 0.0602. The van der Waals surface area contributed by atoms with Gasteiger partial charge in [0, 0.05) is 11.3 Å². The maximum Gasteiger partial charge on any atom is 0.340 e. The first kappa shape index (κ1) is 19.0. The number of nitrogens with one attached hydrogen (secondary N) is 1. The summed E-state index contributed by atoms with van der Waals surface area (Å²) in [6, 6.07) is 22.7. The molecule has 0 saturated heterocycles. The quantitative estimate of drug-likeness (QED) is 0.462. The van der Waals surface area contributed by atoms with Gasteiger partial charge in [0.1, 0.15) is 12.4 Å². The molecule has 0 aliphatic rings. The average Bonchev–Trinajstić information content (AvgIpc) is 2.74. The lowest BCUT2D eigenvalue weighted by Gasteiger charge is -2.17. The predicted octanol–water partition coefficient (Wildman–Crippen LogP) is 4.72. The number of nitrogen functional groups attached to an aromatic ring is 1. The van der Waals surface area contributed by atoms with Crippen molar-refractivity contribution in [1.29, 1.82) is 0 Å². The molecule has 5 heteroatoms. The molecular weight excluding hydrogens is 352 g/mol. The summed E-state index contributed by atoms with van der Waals surface area (Å²) in [5.74, 6) is 0.213. The van der Waals surface area contributed by atoms with Gasteiger partial charge < -0.3 is 20.5 Å². The van der Waals surface area contributed by atoms with Crippen LogP contribution in [-0.2, 0) is 11.3 Å². The summed E-state index contributed by atoms with van der Waals surface area (Å²) in [5.41, 5.74) is 9.79. The second-order valence-corrected chi connectivity index (χ2v) is 6.13. The van der Waals surface area contributed by atoms with Gasteiger partial charge in [0.2, 0.25) is 0 Å². The zero-order valence-corrected chi connectivity index (χ0v) is 15.6. The van der Waals surface area contributed by atoms with Crippen LogP contribution < -0.4 is 15.8 Å². The normalized spacial score (nSPS) is 10.2. The fourth-order valence-electron chi connectivity index (χ4n) is 2.77. The molecule has 0 amide bonds. The number of carbonyl (C=O) groups is 1. The Kier molecular flexibility index (Phi) is 5.97. The number of esters is 1. The van der Waals surface area contributed by atoms with E-state index in [1.54, 1.807) is 18.2 Å². The highest BCUT2D eigenvalue weighted by molar-refractivity contribution is 5.99. The lowest BCUT2D eigenvalue weighted by atomic mass is 10.1. The van der Waals surface area contributed by atoms with E-state index < -0.39 is 5.97 Å². The lowest BCUT2D eigenvalue weighted by Crippen LogP contribution is -2.09. The van der Waals surface area contributed by atoms with E-state index in [1.807, 2.05) is 54.6 Å². The van der Waals surface area contributed by atoms with Crippen LogP contribution in [0.15, 0.2) is 79.4 Å². The Morgan fingerprint density at radius 3 is 2.39 bits per heavy atom. The molecule has 0 aliphatic heterocycles. The first-order valence-electron chi connectivity index (χ1n) is 8.79. The van der Waals surface area contributed by atoms with Crippen LogP contribution in [0.2, 0.25) is 0 Å². The molecular formula is C23H22N2O3. The molecule has 28 heavy (non-hydrogen) atoms. The van der Waals surface area contributed by atoms with Crippen molar-refractivity contribution in [3.63, 3.8) is 0 Å². The van der Waals surface area contributed by atoms with Crippen molar-refractivity contribution < 1.29 is 14.3 Å². The van der Waals surface area contributed by atoms with E-state index in [2.05, 4.69) is 11.9 Å². The summed E-state index contributed by atoms with van der Waals surface area (Å²) in [4.78, 5) is 11.8. The van der Waals surface area contributed by atoms with Gasteiger partial charge in [0.25, 0.3) is 0 Å². The highest BCUT2D eigenvalue weighted by Gasteiger charge is 2.14. The van der Waals surface area contributed by atoms with E-state index in [0.717, 1.165) is 11.1 Å². The molecule has 0 saturated carbocycles. The van der Waals surface area contributed by atoms with Gasteiger partial charge in [0.05, 0.1) is 24.0 Å². The molecule has 0 bridgehead atoms. The zero-order valence-electron chi connectivity index (χ0n) is 15.6. The summed E-state index contributed by atoms with van der Waals surface area (Å²) >= 11 is 0. The Morgan fingerprint density at radius 1 is 0.964 bits per heavy atom. The van der Waals surface area contributed by atoms with E-state index >= 15 is 0 Å². The molecule has 0 unspecified atom stereocenters. The fraction of sp³-hybridized carbons (Fsp3) is 0.0870. The number of rotatable bonds is 7. The number of nitrogens with two attached hydrogens (primary N) is 1.